The Morgan fingerprint density at radius 1 is 0.400 bits per heavy atom. The second-order valence-corrected chi connectivity index (χ2v) is 15.7. The van der Waals surface area contributed by atoms with Crippen molar-refractivity contribution in [3.05, 3.63) is 0 Å². The monoisotopic (exact) mass is 888 g/mol. The van der Waals surface area contributed by atoms with Crippen LogP contribution in [0.1, 0.15) is 90.9 Å². The highest BCUT2D eigenvalue weighted by Crippen LogP contribution is 2.49. The molecule has 0 aromatic rings. The summed E-state index contributed by atoms with van der Waals surface area (Å²) in [5.74, 6) is 0. The summed E-state index contributed by atoms with van der Waals surface area (Å²) in [7, 11) is -6.35. The van der Waals surface area contributed by atoms with Crippen LogP contribution >= 0.6 is 89.6 Å². The maximum absolute atomic E-state index is 13.4. The van der Waals surface area contributed by atoms with Crippen LogP contribution < -0.4 is 22.9 Å². The number of nitrogens with two attached hydrogens (primary N) is 4. The van der Waals surface area contributed by atoms with Crippen LogP contribution in [-0.4, -0.2) is 114 Å². The minimum absolute atomic E-state index is 0. The van der Waals surface area contributed by atoms with E-state index in [4.69, 9.17) is 41.0 Å². The quantitative estimate of drug-likeness (QED) is 0.0374. The molecule has 0 spiro atoms. The molecular weight excluding hydrogens is 815 g/mol. The van der Waals surface area contributed by atoms with Crippen molar-refractivity contribution in [1.29, 1.82) is 0 Å². The van der Waals surface area contributed by atoms with Gasteiger partial charge < -0.3 is 50.8 Å². The van der Waals surface area contributed by atoms with Gasteiger partial charge in [-0.2, -0.15) is 0 Å². The molecule has 0 rings (SSSR count). The van der Waals surface area contributed by atoms with E-state index in [0.29, 0.717) is 104 Å². The van der Waals surface area contributed by atoms with Gasteiger partial charge in [-0.15, -0.1) is 74.4 Å². The van der Waals surface area contributed by atoms with E-state index in [1.807, 2.05) is 0 Å². The molecule has 0 aliphatic carbocycles. The molecule has 0 fully saturated rings. The van der Waals surface area contributed by atoms with Crippen LogP contribution in [0.5, 0.6) is 0 Å². The van der Waals surface area contributed by atoms with E-state index in [2.05, 4.69) is 23.6 Å². The summed E-state index contributed by atoms with van der Waals surface area (Å²) < 4.78 is 50.2. The fourth-order valence-electron chi connectivity index (χ4n) is 4.69. The molecule has 0 saturated carbocycles. The highest BCUT2D eigenvalue weighted by atomic mass is 35.5. The molecular formula is C30H76Cl6N6O6P2. The van der Waals surface area contributed by atoms with Gasteiger partial charge in [-0.3, -0.25) is 9.13 Å². The number of nitrogens with zero attached hydrogens (tertiary/aromatic N) is 2. The molecule has 0 amide bonds. The van der Waals surface area contributed by atoms with Gasteiger partial charge in [0.1, 0.15) is 0 Å². The van der Waals surface area contributed by atoms with Gasteiger partial charge in [0, 0.05) is 65.4 Å². The first-order chi connectivity index (χ1) is 21.3. The number of hydrogen-bond donors (Lipinski definition) is 4. The van der Waals surface area contributed by atoms with Crippen molar-refractivity contribution in [3.8, 4) is 0 Å². The van der Waals surface area contributed by atoms with E-state index in [1.165, 1.54) is 0 Å². The largest absolute Gasteiger partial charge is 0.331 e. The summed E-state index contributed by atoms with van der Waals surface area (Å²) >= 11 is 0. The van der Waals surface area contributed by atoms with Crippen molar-refractivity contribution in [1.82, 2.24) is 9.80 Å². The first-order valence-electron chi connectivity index (χ1n) is 17.3. The Morgan fingerprint density at radius 3 is 0.880 bits per heavy atom. The Hall–Kier alpha value is 1.80. The number of hydrogen-bond acceptors (Lipinski definition) is 12. The standard InChI is InChI=1S/C30H70N6O6P2.6ClH/c1-3-5-11-25-39-43(37,29-23-35(19-15-31)20-16-32)41-27-13-9-7-8-10-14-28-42-44(38,40-26-12-6-4-2)30-24-36(21-17-33)22-18-34;;;;;;/h3-34H2,1-2H3;6*1H. The van der Waals surface area contributed by atoms with Crippen LogP contribution in [0.4, 0.5) is 0 Å². The third-order valence-corrected chi connectivity index (χ3v) is 11.1. The van der Waals surface area contributed by atoms with Gasteiger partial charge in [-0.05, 0) is 25.7 Å². The lowest BCUT2D eigenvalue weighted by atomic mass is 10.1. The molecule has 314 valence electrons. The van der Waals surface area contributed by atoms with E-state index >= 15 is 0 Å². The average molecular weight is 892 g/mol. The predicted octanol–water partition coefficient (Wildman–Crippen LogP) is 7.13. The van der Waals surface area contributed by atoms with Crippen molar-refractivity contribution < 1.29 is 27.2 Å². The van der Waals surface area contributed by atoms with Crippen molar-refractivity contribution in [2.45, 2.75) is 90.9 Å². The maximum Gasteiger partial charge on any atom is 0.331 e. The van der Waals surface area contributed by atoms with Gasteiger partial charge >= 0.3 is 15.2 Å². The molecule has 12 nitrogen and oxygen atoms in total. The Morgan fingerprint density at radius 2 is 0.640 bits per heavy atom. The molecule has 0 saturated heterocycles. The summed E-state index contributed by atoms with van der Waals surface area (Å²) in [5, 5.41) is 0. The number of rotatable bonds is 35. The molecule has 0 radical (unpaired) electrons. The SMILES string of the molecule is CCCCCOP(=O)(CCN(CCN)CCN)OCCCCCCCCOP(=O)(CCN(CCN)CCN)OCCCCC.Cl.Cl.Cl.Cl.Cl.Cl. The van der Waals surface area contributed by atoms with Crippen molar-refractivity contribution >= 4 is 89.6 Å². The molecule has 20 heteroatoms. The van der Waals surface area contributed by atoms with Crippen LogP contribution in [0.15, 0.2) is 0 Å². The summed E-state index contributed by atoms with van der Waals surface area (Å²) in [6.07, 6.45) is 12.4. The first kappa shape index (κ1) is 66.6. The normalized spacial score (nSPS) is 13.0. The van der Waals surface area contributed by atoms with Gasteiger partial charge in [0.2, 0.25) is 0 Å². The van der Waals surface area contributed by atoms with Crippen LogP contribution in [0, 0.1) is 0 Å². The molecule has 0 aromatic heterocycles. The van der Waals surface area contributed by atoms with E-state index in [0.717, 1.165) is 77.0 Å². The molecule has 0 bridgehead atoms. The molecule has 0 aliphatic rings. The van der Waals surface area contributed by atoms with Gasteiger partial charge in [0.05, 0.1) is 38.8 Å². The average Bonchev–Trinajstić information content (AvgIpc) is 3.01. The summed E-state index contributed by atoms with van der Waals surface area (Å²) in [6, 6.07) is 0. The van der Waals surface area contributed by atoms with Crippen molar-refractivity contribution in [2.75, 3.05) is 104 Å². The van der Waals surface area contributed by atoms with E-state index in [-0.39, 0.29) is 74.4 Å². The minimum Gasteiger partial charge on any atom is -0.329 e. The lowest BCUT2D eigenvalue weighted by Crippen LogP contribution is -2.36. The van der Waals surface area contributed by atoms with Crippen LogP contribution in [0.2, 0.25) is 0 Å². The summed E-state index contributed by atoms with van der Waals surface area (Å²) in [6.45, 7) is 12.2. The Balaban J connectivity index is -0.000000616. The number of unbranched alkanes of at least 4 members (excludes halogenated alkanes) is 9. The fraction of sp³-hybridized carbons (Fsp3) is 1.00. The zero-order valence-corrected chi connectivity index (χ0v) is 37.5. The molecule has 50 heavy (non-hydrogen) atoms. The maximum atomic E-state index is 13.4. The van der Waals surface area contributed by atoms with Gasteiger partial charge in [-0.25, -0.2) is 0 Å². The second kappa shape index (κ2) is 47.0. The second-order valence-electron chi connectivity index (χ2n) is 11.4. The van der Waals surface area contributed by atoms with Crippen LogP contribution in [0.25, 0.3) is 0 Å². The Kier molecular flexibility index (Phi) is 62.5. The third-order valence-electron chi connectivity index (χ3n) is 7.35. The van der Waals surface area contributed by atoms with Crippen molar-refractivity contribution in [2.24, 2.45) is 22.9 Å². The summed E-state index contributed by atoms with van der Waals surface area (Å²) in [5.41, 5.74) is 22.9. The fourth-order valence-corrected chi connectivity index (χ4v) is 8.04. The smallest absolute Gasteiger partial charge is 0.329 e. The zero-order chi connectivity index (χ0) is 32.8. The number of halogens is 6. The lowest BCUT2D eigenvalue weighted by molar-refractivity contribution is 0.190. The third kappa shape index (κ3) is 39.5. The highest BCUT2D eigenvalue weighted by molar-refractivity contribution is 7.54. The topological polar surface area (TPSA) is 182 Å². The molecule has 8 N–H and O–H groups in total. The molecule has 0 heterocycles. The van der Waals surface area contributed by atoms with Gasteiger partial charge in [-0.1, -0.05) is 65.2 Å². The summed E-state index contributed by atoms with van der Waals surface area (Å²) in [4.78, 5) is 4.23. The predicted molar refractivity (Wildman–Crippen MR) is 228 cm³/mol. The molecule has 2 atom stereocenters. The Labute approximate surface area is 343 Å². The highest BCUT2D eigenvalue weighted by Gasteiger charge is 2.26. The minimum atomic E-state index is -3.17. The van der Waals surface area contributed by atoms with Gasteiger partial charge in [0.25, 0.3) is 0 Å². The lowest BCUT2D eigenvalue weighted by Gasteiger charge is -2.24. The van der Waals surface area contributed by atoms with E-state index in [9.17, 15) is 9.13 Å². The van der Waals surface area contributed by atoms with E-state index in [1.54, 1.807) is 0 Å². The Bertz CT molecular complexity index is 684. The van der Waals surface area contributed by atoms with Crippen molar-refractivity contribution in [3.63, 3.8) is 0 Å². The van der Waals surface area contributed by atoms with Crippen LogP contribution in [-0.2, 0) is 27.2 Å². The first-order valence-corrected chi connectivity index (χ1v) is 20.8. The van der Waals surface area contributed by atoms with E-state index < -0.39 is 15.2 Å². The zero-order valence-electron chi connectivity index (χ0n) is 30.8. The molecule has 0 aliphatic heterocycles. The van der Waals surface area contributed by atoms with Crippen LogP contribution in [0.3, 0.4) is 0 Å². The van der Waals surface area contributed by atoms with Gasteiger partial charge in [0.15, 0.2) is 0 Å². The molecule has 2 unspecified atom stereocenters. The molecule has 0 aromatic carbocycles.